The van der Waals surface area contributed by atoms with Gasteiger partial charge in [-0.15, -0.1) is 0 Å². The van der Waals surface area contributed by atoms with Crippen molar-refractivity contribution in [2.24, 2.45) is 5.92 Å². The number of aromatic nitrogens is 2. The molecule has 7 heteroatoms. The highest BCUT2D eigenvalue weighted by Gasteiger charge is 2.26. The second-order valence-corrected chi connectivity index (χ2v) is 7.19. The summed E-state index contributed by atoms with van der Waals surface area (Å²) in [5, 5.41) is 7.79. The molecule has 1 heterocycles. The molecule has 0 fully saturated rings. The summed E-state index contributed by atoms with van der Waals surface area (Å²) in [6.07, 6.45) is 7.39. The van der Waals surface area contributed by atoms with Gasteiger partial charge in [-0.25, -0.2) is 4.84 Å². The molecule has 0 aliphatic heterocycles. The SMILES string of the molecule is C/C=C\C[C@H](C(C)OCN(C)Cc1[nH]nc(C)c1Cl)[C@H](CCC)NCl. The van der Waals surface area contributed by atoms with E-state index in [0.717, 1.165) is 30.7 Å². The molecule has 144 valence electrons. The Labute approximate surface area is 162 Å². The van der Waals surface area contributed by atoms with Crippen molar-refractivity contribution in [3.63, 3.8) is 0 Å². The minimum absolute atomic E-state index is 0.0837. The Balaban J connectivity index is 2.59. The van der Waals surface area contributed by atoms with E-state index in [1.807, 2.05) is 20.9 Å². The second-order valence-electron chi connectivity index (χ2n) is 6.59. The number of allylic oxidation sites excluding steroid dienone is 2. The maximum atomic E-state index is 6.23. The van der Waals surface area contributed by atoms with Gasteiger partial charge in [0.2, 0.25) is 0 Å². The molecule has 1 rings (SSSR count). The first-order valence-electron chi connectivity index (χ1n) is 8.91. The number of H-pyrrole nitrogens is 1. The van der Waals surface area contributed by atoms with Crippen LogP contribution in [0.15, 0.2) is 12.2 Å². The number of hydrogen-bond donors (Lipinski definition) is 2. The zero-order valence-corrected chi connectivity index (χ0v) is 17.5. The summed E-state index contributed by atoms with van der Waals surface area (Å²) in [5.41, 5.74) is 1.73. The fourth-order valence-corrected chi connectivity index (χ4v) is 3.31. The Hall–Kier alpha value is -0.590. The molecule has 1 unspecified atom stereocenters. The first-order valence-corrected chi connectivity index (χ1v) is 9.66. The van der Waals surface area contributed by atoms with Crippen molar-refractivity contribution in [3.05, 3.63) is 28.6 Å². The van der Waals surface area contributed by atoms with E-state index >= 15 is 0 Å². The van der Waals surface area contributed by atoms with Gasteiger partial charge in [0.25, 0.3) is 0 Å². The van der Waals surface area contributed by atoms with Gasteiger partial charge < -0.3 is 4.74 Å². The highest BCUT2D eigenvalue weighted by atomic mass is 35.5. The summed E-state index contributed by atoms with van der Waals surface area (Å²) in [5.74, 6) is 0.319. The van der Waals surface area contributed by atoms with Crippen LogP contribution in [-0.2, 0) is 11.3 Å². The molecule has 0 saturated carbocycles. The van der Waals surface area contributed by atoms with Crippen LogP contribution in [0.4, 0.5) is 0 Å². The van der Waals surface area contributed by atoms with E-state index in [1.54, 1.807) is 0 Å². The van der Waals surface area contributed by atoms with Crippen LogP contribution in [0.5, 0.6) is 0 Å². The van der Waals surface area contributed by atoms with Gasteiger partial charge in [-0.1, -0.05) is 37.1 Å². The molecule has 1 aromatic heterocycles. The first kappa shape index (κ1) is 22.5. The predicted molar refractivity (Wildman–Crippen MR) is 106 cm³/mol. The number of rotatable bonds is 12. The summed E-state index contributed by atoms with van der Waals surface area (Å²) in [6.45, 7) is 9.39. The largest absolute Gasteiger partial charge is 0.363 e. The van der Waals surface area contributed by atoms with Crippen LogP contribution < -0.4 is 4.84 Å². The van der Waals surface area contributed by atoms with E-state index in [2.05, 4.69) is 45.9 Å². The average molecular weight is 391 g/mol. The minimum atomic E-state index is 0.0837. The summed E-state index contributed by atoms with van der Waals surface area (Å²) < 4.78 is 6.13. The maximum Gasteiger partial charge on any atom is 0.0994 e. The molecule has 0 saturated heterocycles. The topological polar surface area (TPSA) is 53.2 Å². The molecule has 3 atom stereocenters. The molecular weight excluding hydrogens is 359 g/mol. The lowest BCUT2D eigenvalue weighted by Crippen LogP contribution is -2.39. The smallest absolute Gasteiger partial charge is 0.0994 e. The lowest BCUT2D eigenvalue weighted by molar-refractivity contribution is -0.0402. The van der Waals surface area contributed by atoms with E-state index in [0.29, 0.717) is 24.2 Å². The third kappa shape index (κ3) is 7.27. The standard InChI is InChI=1S/C18H32Cl2N4O/c1-6-8-10-15(16(21-20)9-7-2)14(4)25-12-24(5)11-17-18(19)13(3)22-23-17/h6,8,14-16,21H,7,9-12H2,1-5H3,(H,22,23)/b8-6-/t14?,15-,16+/m1/s1. The Bertz CT molecular complexity index is 521. The third-order valence-electron chi connectivity index (χ3n) is 4.43. The lowest BCUT2D eigenvalue weighted by Gasteiger charge is -2.31. The molecule has 1 aromatic rings. The summed E-state index contributed by atoms with van der Waals surface area (Å²) in [4.78, 5) is 5.02. The zero-order chi connectivity index (χ0) is 18.8. The zero-order valence-electron chi connectivity index (χ0n) is 16.0. The second kappa shape index (κ2) is 11.9. The summed E-state index contributed by atoms with van der Waals surface area (Å²) in [6, 6.07) is 0.230. The van der Waals surface area contributed by atoms with Crippen molar-refractivity contribution in [2.75, 3.05) is 13.8 Å². The Kier molecular flexibility index (Phi) is 10.7. The minimum Gasteiger partial charge on any atom is -0.363 e. The Morgan fingerprint density at radius 2 is 2.16 bits per heavy atom. The van der Waals surface area contributed by atoms with Gasteiger partial charge in [0, 0.05) is 18.5 Å². The van der Waals surface area contributed by atoms with Gasteiger partial charge in [-0.2, -0.15) is 5.10 Å². The van der Waals surface area contributed by atoms with Gasteiger partial charge in [0.15, 0.2) is 0 Å². The van der Waals surface area contributed by atoms with Crippen molar-refractivity contribution in [2.45, 2.75) is 65.6 Å². The summed E-state index contributed by atoms with van der Waals surface area (Å²) >= 11 is 12.2. The fourth-order valence-electron chi connectivity index (χ4n) is 2.89. The van der Waals surface area contributed by atoms with Gasteiger partial charge in [-0.05, 0) is 52.4 Å². The van der Waals surface area contributed by atoms with E-state index < -0.39 is 0 Å². The van der Waals surface area contributed by atoms with Crippen LogP contribution in [0.2, 0.25) is 5.02 Å². The van der Waals surface area contributed by atoms with Gasteiger partial charge in [-0.3, -0.25) is 10.00 Å². The van der Waals surface area contributed by atoms with E-state index in [4.69, 9.17) is 28.1 Å². The molecule has 0 aliphatic rings. The van der Waals surface area contributed by atoms with Gasteiger partial charge >= 0.3 is 0 Å². The monoisotopic (exact) mass is 390 g/mol. The maximum absolute atomic E-state index is 6.23. The molecule has 0 spiro atoms. The quantitative estimate of drug-likeness (QED) is 0.309. The molecule has 0 amide bonds. The third-order valence-corrected chi connectivity index (χ3v) is 5.21. The van der Waals surface area contributed by atoms with Crippen LogP contribution in [-0.4, -0.2) is 41.0 Å². The molecule has 25 heavy (non-hydrogen) atoms. The lowest BCUT2D eigenvalue weighted by atomic mass is 9.89. The molecule has 0 aromatic carbocycles. The highest BCUT2D eigenvalue weighted by Crippen LogP contribution is 2.23. The predicted octanol–water partition coefficient (Wildman–Crippen LogP) is 4.66. The van der Waals surface area contributed by atoms with Crippen molar-refractivity contribution >= 4 is 23.4 Å². The number of ether oxygens (including phenoxy) is 1. The average Bonchev–Trinajstić information content (AvgIpc) is 2.91. The molecular formula is C18H32Cl2N4O. The van der Waals surface area contributed by atoms with Gasteiger partial charge in [0.05, 0.1) is 29.2 Å². The summed E-state index contributed by atoms with van der Waals surface area (Å²) in [7, 11) is 2.00. The van der Waals surface area contributed by atoms with Crippen LogP contribution in [0, 0.1) is 12.8 Å². The van der Waals surface area contributed by atoms with Crippen molar-refractivity contribution < 1.29 is 4.74 Å². The normalized spacial score (nSPS) is 15.8. The molecule has 5 nitrogen and oxygen atoms in total. The van der Waals surface area contributed by atoms with Crippen molar-refractivity contribution in [1.82, 2.24) is 19.9 Å². The number of aryl methyl sites for hydroxylation is 1. The Morgan fingerprint density at radius 1 is 1.44 bits per heavy atom. The van der Waals surface area contributed by atoms with Crippen LogP contribution in [0.25, 0.3) is 0 Å². The number of nitrogens with one attached hydrogen (secondary N) is 2. The van der Waals surface area contributed by atoms with Crippen molar-refractivity contribution in [1.29, 1.82) is 0 Å². The van der Waals surface area contributed by atoms with Crippen LogP contribution in [0.3, 0.4) is 0 Å². The number of aromatic amines is 1. The molecule has 0 aliphatic carbocycles. The molecule has 2 N–H and O–H groups in total. The van der Waals surface area contributed by atoms with Crippen molar-refractivity contribution in [3.8, 4) is 0 Å². The number of nitrogens with zero attached hydrogens (tertiary/aromatic N) is 2. The van der Waals surface area contributed by atoms with Crippen LogP contribution >= 0.6 is 23.4 Å². The first-order chi connectivity index (χ1) is 11.9. The Morgan fingerprint density at radius 3 is 2.68 bits per heavy atom. The highest BCUT2D eigenvalue weighted by molar-refractivity contribution is 6.31. The fraction of sp³-hybridized carbons (Fsp3) is 0.722. The molecule has 0 radical (unpaired) electrons. The van der Waals surface area contributed by atoms with E-state index in [9.17, 15) is 0 Å². The van der Waals surface area contributed by atoms with Gasteiger partial charge in [0.1, 0.15) is 0 Å². The van der Waals surface area contributed by atoms with E-state index in [-0.39, 0.29) is 12.1 Å². The molecule has 0 bridgehead atoms. The number of halogens is 2. The van der Waals surface area contributed by atoms with Crippen LogP contribution in [0.1, 0.15) is 51.4 Å². The number of hydrogen-bond acceptors (Lipinski definition) is 4. The van der Waals surface area contributed by atoms with E-state index in [1.165, 1.54) is 0 Å².